The van der Waals surface area contributed by atoms with Crippen LogP contribution < -0.4 is 0 Å². The van der Waals surface area contributed by atoms with Crippen LogP contribution in [0.2, 0.25) is 0 Å². The van der Waals surface area contributed by atoms with Crippen molar-refractivity contribution in [3.63, 3.8) is 0 Å². The van der Waals surface area contributed by atoms with E-state index in [1.807, 2.05) is 6.07 Å². The maximum absolute atomic E-state index is 12.2. The molecule has 0 spiro atoms. The lowest BCUT2D eigenvalue weighted by Crippen LogP contribution is -2.38. The van der Waals surface area contributed by atoms with Gasteiger partial charge >= 0.3 is 5.97 Å². The van der Waals surface area contributed by atoms with Crippen LogP contribution in [0.1, 0.15) is 55.7 Å². The van der Waals surface area contributed by atoms with E-state index in [-0.39, 0.29) is 18.9 Å². The number of carbonyl (C=O) groups excluding carboxylic acids is 2. The van der Waals surface area contributed by atoms with Gasteiger partial charge in [-0.3, -0.25) is 9.59 Å². The molecule has 5 heteroatoms. The van der Waals surface area contributed by atoms with Gasteiger partial charge in [-0.15, -0.1) is 0 Å². The molecule has 1 aliphatic rings. The highest BCUT2D eigenvalue weighted by Gasteiger charge is 2.19. The Morgan fingerprint density at radius 3 is 2.62 bits per heavy atom. The first-order valence-corrected chi connectivity index (χ1v) is 9.39. The largest absolute Gasteiger partial charge is 0.464 e. The summed E-state index contributed by atoms with van der Waals surface area (Å²) in [5.41, 5.74) is 4.01. The predicted molar refractivity (Wildman–Crippen MR) is 100 cm³/mol. The van der Waals surface area contributed by atoms with Gasteiger partial charge in [-0.05, 0) is 55.4 Å². The van der Waals surface area contributed by atoms with Gasteiger partial charge in [-0.1, -0.05) is 13.8 Å². The molecule has 1 aliphatic heterocycles. The lowest BCUT2D eigenvalue weighted by atomic mass is 9.95. The number of benzene rings is 1. The fourth-order valence-electron chi connectivity index (χ4n) is 3.59. The molecule has 1 fully saturated rings. The highest BCUT2D eigenvalue weighted by molar-refractivity contribution is 5.88. The van der Waals surface area contributed by atoms with E-state index in [0.29, 0.717) is 5.92 Å². The van der Waals surface area contributed by atoms with Crippen molar-refractivity contribution in [1.82, 2.24) is 4.90 Å². The predicted octanol–water partition coefficient (Wildman–Crippen LogP) is 3.96. The molecular formula is C21H27NO4. The maximum Gasteiger partial charge on any atom is 0.310 e. The van der Waals surface area contributed by atoms with Crippen LogP contribution in [-0.2, 0) is 20.7 Å². The van der Waals surface area contributed by atoms with Crippen LogP contribution in [-0.4, -0.2) is 36.5 Å². The van der Waals surface area contributed by atoms with Crippen molar-refractivity contribution in [1.29, 1.82) is 0 Å². The van der Waals surface area contributed by atoms with E-state index in [1.165, 1.54) is 11.1 Å². The number of carbonyl (C=O) groups is 2. The van der Waals surface area contributed by atoms with Crippen LogP contribution in [0.4, 0.5) is 0 Å². The lowest BCUT2D eigenvalue weighted by Gasteiger charge is -2.26. The normalized spacial score (nSPS) is 14.8. The Balaban J connectivity index is 1.63. The summed E-state index contributed by atoms with van der Waals surface area (Å²) in [5, 5.41) is 0.943. The number of likely N-dealkylation sites (tertiary alicyclic amines) is 1. The van der Waals surface area contributed by atoms with Gasteiger partial charge < -0.3 is 14.1 Å². The van der Waals surface area contributed by atoms with Crippen molar-refractivity contribution in [3.05, 3.63) is 35.1 Å². The van der Waals surface area contributed by atoms with E-state index in [2.05, 4.69) is 26.8 Å². The summed E-state index contributed by atoms with van der Waals surface area (Å²) in [5.74, 6) is -0.103. The molecule has 0 aliphatic carbocycles. The van der Waals surface area contributed by atoms with Crippen LogP contribution in [0, 0.1) is 6.92 Å². The molecule has 0 unspecified atom stereocenters. The van der Waals surface area contributed by atoms with Crippen LogP contribution in [0.3, 0.4) is 0 Å². The smallest absolute Gasteiger partial charge is 0.310 e. The van der Waals surface area contributed by atoms with Gasteiger partial charge in [0.1, 0.15) is 5.58 Å². The third-order valence-electron chi connectivity index (χ3n) is 5.06. The van der Waals surface area contributed by atoms with E-state index in [4.69, 9.17) is 9.15 Å². The minimum Gasteiger partial charge on any atom is -0.464 e. The highest BCUT2D eigenvalue weighted by atomic mass is 16.5. The van der Waals surface area contributed by atoms with Crippen molar-refractivity contribution in [2.24, 2.45) is 0 Å². The highest BCUT2D eigenvalue weighted by Crippen LogP contribution is 2.29. The summed E-state index contributed by atoms with van der Waals surface area (Å²) < 4.78 is 10.8. The van der Waals surface area contributed by atoms with Gasteiger partial charge in [0, 0.05) is 24.0 Å². The summed E-state index contributed by atoms with van der Waals surface area (Å²) in [6, 6.07) is 4.11. The molecule has 0 N–H and O–H groups in total. The Labute approximate surface area is 154 Å². The van der Waals surface area contributed by atoms with Crippen molar-refractivity contribution in [3.8, 4) is 0 Å². The molecule has 2 heterocycles. The first-order valence-electron chi connectivity index (χ1n) is 9.39. The number of amides is 1. The van der Waals surface area contributed by atoms with Crippen molar-refractivity contribution in [2.45, 2.75) is 52.4 Å². The zero-order valence-corrected chi connectivity index (χ0v) is 15.8. The average Bonchev–Trinajstić information content (AvgIpc) is 3.01. The number of esters is 1. The first kappa shape index (κ1) is 18.5. The Hall–Kier alpha value is -2.30. The van der Waals surface area contributed by atoms with Gasteiger partial charge in [0.05, 0.1) is 12.7 Å². The zero-order chi connectivity index (χ0) is 18.7. The molecule has 0 bridgehead atoms. The summed E-state index contributed by atoms with van der Waals surface area (Å²) in [7, 11) is 0. The van der Waals surface area contributed by atoms with Crippen molar-refractivity contribution < 1.29 is 18.7 Å². The number of ether oxygens (including phenoxy) is 1. The summed E-state index contributed by atoms with van der Waals surface area (Å²) in [6.07, 6.45) is 4.94. The van der Waals surface area contributed by atoms with Gasteiger partial charge in [0.15, 0.2) is 6.61 Å². The second-order valence-corrected chi connectivity index (χ2v) is 7.40. The Morgan fingerprint density at radius 2 is 1.92 bits per heavy atom. The van der Waals surface area contributed by atoms with E-state index in [1.54, 1.807) is 11.2 Å². The Kier molecular flexibility index (Phi) is 5.64. The molecule has 1 aromatic carbocycles. The maximum atomic E-state index is 12.2. The summed E-state index contributed by atoms with van der Waals surface area (Å²) >= 11 is 0. The number of aryl methyl sites for hydroxylation is 1. The molecule has 3 rings (SSSR count). The number of nitrogens with zero attached hydrogens (tertiary/aromatic N) is 1. The second-order valence-electron chi connectivity index (χ2n) is 7.40. The number of piperidine rings is 1. The third-order valence-corrected chi connectivity index (χ3v) is 5.06. The molecule has 0 saturated carbocycles. The van der Waals surface area contributed by atoms with Gasteiger partial charge in [0.25, 0.3) is 5.91 Å². The van der Waals surface area contributed by atoms with Crippen LogP contribution in [0.5, 0.6) is 0 Å². The first-order chi connectivity index (χ1) is 12.5. The minimum absolute atomic E-state index is 0.104. The number of fused-ring (bicyclic) bond motifs is 1. The number of hydrogen-bond acceptors (Lipinski definition) is 4. The number of rotatable bonds is 5. The van der Waals surface area contributed by atoms with Gasteiger partial charge in [-0.25, -0.2) is 0 Å². The van der Waals surface area contributed by atoms with E-state index >= 15 is 0 Å². The monoisotopic (exact) mass is 357 g/mol. The molecule has 26 heavy (non-hydrogen) atoms. The fourth-order valence-corrected chi connectivity index (χ4v) is 3.59. The molecule has 5 nitrogen and oxygen atoms in total. The fraction of sp³-hybridized carbons (Fsp3) is 0.524. The summed E-state index contributed by atoms with van der Waals surface area (Å²) in [4.78, 5) is 26.1. The van der Waals surface area contributed by atoms with Crippen molar-refractivity contribution >= 4 is 22.8 Å². The third kappa shape index (κ3) is 4.09. The quantitative estimate of drug-likeness (QED) is 0.760. The van der Waals surface area contributed by atoms with Gasteiger partial charge in [-0.2, -0.15) is 0 Å². The topological polar surface area (TPSA) is 59.8 Å². The van der Waals surface area contributed by atoms with Crippen LogP contribution in [0.15, 0.2) is 22.8 Å². The van der Waals surface area contributed by atoms with Crippen LogP contribution >= 0.6 is 0 Å². The van der Waals surface area contributed by atoms with E-state index in [9.17, 15) is 9.59 Å². The van der Waals surface area contributed by atoms with E-state index < -0.39 is 5.97 Å². The molecule has 140 valence electrons. The zero-order valence-electron chi connectivity index (χ0n) is 15.8. The van der Waals surface area contributed by atoms with Crippen molar-refractivity contribution in [2.75, 3.05) is 19.7 Å². The number of furan rings is 1. The molecule has 1 aromatic heterocycles. The summed E-state index contributed by atoms with van der Waals surface area (Å²) in [6.45, 7) is 7.71. The van der Waals surface area contributed by atoms with Gasteiger partial charge in [0.2, 0.25) is 0 Å². The number of hydrogen-bond donors (Lipinski definition) is 0. The standard InChI is InChI=1S/C21H27NO4/c1-14(2)17-11-18-16(12-25-19(18)9-15(17)3)10-21(24)26-13-20(23)22-7-5-4-6-8-22/h9,11-12,14H,4-8,10,13H2,1-3H3. The average molecular weight is 357 g/mol. The Morgan fingerprint density at radius 1 is 1.19 bits per heavy atom. The lowest BCUT2D eigenvalue weighted by molar-refractivity contribution is -0.151. The van der Waals surface area contributed by atoms with Crippen LogP contribution in [0.25, 0.3) is 11.0 Å². The molecule has 1 saturated heterocycles. The molecular weight excluding hydrogens is 330 g/mol. The molecule has 0 atom stereocenters. The molecule has 2 aromatic rings. The van der Waals surface area contributed by atoms with E-state index in [0.717, 1.165) is 48.9 Å². The minimum atomic E-state index is -0.398. The second kappa shape index (κ2) is 7.94. The Bertz CT molecular complexity index is 800. The SMILES string of the molecule is Cc1cc2occ(CC(=O)OCC(=O)N3CCCCC3)c2cc1C(C)C. The molecule has 0 radical (unpaired) electrons. The molecule has 1 amide bonds.